The lowest BCUT2D eigenvalue weighted by atomic mass is 9.95. The second-order valence-electron chi connectivity index (χ2n) is 7.86. The van der Waals surface area contributed by atoms with Gasteiger partial charge in [-0.1, -0.05) is 11.6 Å². The second-order valence-corrected chi connectivity index (χ2v) is 8.27. The smallest absolute Gasteiger partial charge is 0.322 e. The normalized spacial score (nSPS) is 18.9. The molecule has 0 saturated carbocycles. The number of benzene rings is 1. The van der Waals surface area contributed by atoms with E-state index in [1.54, 1.807) is 23.1 Å². The van der Waals surface area contributed by atoms with Crippen LogP contribution in [0.2, 0.25) is 5.02 Å². The molecule has 0 spiro atoms. The Labute approximate surface area is 188 Å². The van der Waals surface area contributed by atoms with E-state index in [2.05, 4.69) is 15.3 Å². The minimum atomic E-state index is -0.617. The van der Waals surface area contributed by atoms with Crippen LogP contribution in [0.1, 0.15) is 30.0 Å². The lowest BCUT2D eigenvalue weighted by Gasteiger charge is -2.36. The van der Waals surface area contributed by atoms with Crippen molar-refractivity contribution in [3.05, 3.63) is 70.6 Å². The molecular weight excluding hydrogens is 438 g/mol. The number of nitrogens with one attached hydrogen (secondary N) is 1. The molecule has 2 aromatic heterocycles. The van der Waals surface area contributed by atoms with E-state index < -0.39 is 17.8 Å². The Kier molecular flexibility index (Phi) is 5.17. The van der Waals surface area contributed by atoms with Crippen molar-refractivity contribution in [1.82, 2.24) is 14.9 Å². The first-order valence-corrected chi connectivity index (χ1v) is 10.6. The Bertz CT molecular complexity index is 1210. The maximum atomic E-state index is 14.9. The first-order chi connectivity index (χ1) is 15.5. The monoisotopic (exact) mass is 456 g/mol. The zero-order valence-corrected chi connectivity index (χ0v) is 17.9. The van der Waals surface area contributed by atoms with Crippen molar-refractivity contribution in [2.24, 2.45) is 0 Å². The van der Waals surface area contributed by atoms with Crippen molar-refractivity contribution in [3.63, 3.8) is 0 Å². The number of hydrogen-bond donors (Lipinski definition) is 1. The number of fused-ring (bicyclic) bond motifs is 4. The molecule has 5 rings (SSSR count). The Balaban J connectivity index is 1.40. The Morgan fingerprint density at radius 1 is 1.22 bits per heavy atom. The van der Waals surface area contributed by atoms with Gasteiger partial charge in [-0.25, -0.2) is 19.2 Å². The predicted octanol–water partition coefficient (Wildman–Crippen LogP) is 5.38. The van der Waals surface area contributed by atoms with E-state index in [9.17, 15) is 13.6 Å². The van der Waals surface area contributed by atoms with E-state index in [1.807, 2.05) is 0 Å². The van der Waals surface area contributed by atoms with E-state index in [0.717, 1.165) is 18.4 Å². The number of halogens is 3. The number of hydrogen-bond acceptors (Lipinski definition) is 4. The molecule has 2 aliphatic heterocycles. The SMILES string of the molecule is COc1ccc(-c2cc(F)c(NC(=O)N3[C@H]4CC[C@@H]3c3ccnc(F)c3C4)cc2Cl)cn1. The predicted molar refractivity (Wildman–Crippen MR) is 116 cm³/mol. The summed E-state index contributed by atoms with van der Waals surface area (Å²) in [5.74, 6) is -0.669. The summed E-state index contributed by atoms with van der Waals surface area (Å²) in [4.78, 5) is 22.6. The molecule has 6 nitrogen and oxygen atoms in total. The van der Waals surface area contributed by atoms with E-state index in [-0.39, 0.29) is 22.8 Å². The molecule has 2 aliphatic rings. The number of carbonyl (C=O) groups is 1. The third-order valence-electron chi connectivity index (χ3n) is 6.13. The maximum absolute atomic E-state index is 14.9. The van der Waals surface area contributed by atoms with Crippen LogP contribution in [0.15, 0.2) is 42.7 Å². The summed E-state index contributed by atoms with van der Waals surface area (Å²) in [6.07, 6.45) is 4.81. The van der Waals surface area contributed by atoms with Crippen LogP contribution in [0.25, 0.3) is 11.1 Å². The number of amides is 2. The molecule has 4 heterocycles. The van der Waals surface area contributed by atoms with Gasteiger partial charge in [0.2, 0.25) is 11.8 Å². The van der Waals surface area contributed by atoms with Crippen LogP contribution in [-0.2, 0) is 6.42 Å². The highest BCUT2D eigenvalue weighted by molar-refractivity contribution is 6.33. The lowest BCUT2D eigenvalue weighted by Crippen LogP contribution is -2.44. The minimum Gasteiger partial charge on any atom is -0.481 e. The van der Waals surface area contributed by atoms with Gasteiger partial charge < -0.3 is 15.0 Å². The molecule has 32 heavy (non-hydrogen) atoms. The molecule has 0 aliphatic carbocycles. The number of nitrogens with zero attached hydrogens (tertiary/aromatic N) is 3. The van der Waals surface area contributed by atoms with Crippen molar-refractivity contribution in [2.75, 3.05) is 12.4 Å². The molecule has 0 radical (unpaired) electrons. The summed E-state index contributed by atoms with van der Waals surface area (Å²) in [7, 11) is 1.51. The molecule has 164 valence electrons. The average Bonchev–Trinajstić information content (AvgIpc) is 3.11. The molecule has 3 aromatic rings. The fourth-order valence-electron chi connectivity index (χ4n) is 4.63. The first kappa shape index (κ1) is 20.6. The van der Waals surface area contributed by atoms with Gasteiger partial charge in [0.15, 0.2) is 0 Å². The number of ether oxygens (including phenoxy) is 1. The quantitative estimate of drug-likeness (QED) is 0.537. The van der Waals surface area contributed by atoms with E-state index >= 15 is 0 Å². The number of aromatic nitrogens is 2. The summed E-state index contributed by atoms with van der Waals surface area (Å²) in [5.41, 5.74) is 2.38. The van der Waals surface area contributed by atoms with Gasteiger partial charge in [0.1, 0.15) is 5.82 Å². The number of anilines is 1. The summed E-state index contributed by atoms with van der Waals surface area (Å²) < 4.78 is 34.1. The van der Waals surface area contributed by atoms with Gasteiger partial charge >= 0.3 is 6.03 Å². The van der Waals surface area contributed by atoms with Crippen LogP contribution in [0.4, 0.5) is 19.3 Å². The number of methoxy groups -OCH3 is 1. The third-order valence-corrected chi connectivity index (χ3v) is 6.44. The Morgan fingerprint density at radius 2 is 2.06 bits per heavy atom. The average molecular weight is 457 g/mol. The minimum absolute atomic E-state index is 0.0173. The molecule has 2 atom stereocenters. The van der Waals surface area contributed by atoms with E-state index in [4.69, 9.17) is 16.3 Å². The Hall–Kier alpha value is -3.26. The largest absolute Gasteiger partial charge is 0.481 e. The lowest BCUT2D eigenvalue weighted by molar-refractivity contribution is 0.178. The van der Waals surface area contributed by atoms with E-state index in [1.165, 1.54) is 31.6 Å². The van der Waals surface area contributed by atoms with Crippen molar-refractivity contribution < 1.29 is 18.3 Å². The number of carbonyl (C=O) groups excluding carboxylic acids is 1. The van der Waals surface area contributed by atoms with Gasteiger partial charge in [0, 0.05) is 41.2 Å². The highest BCUT2D eigenvalue weighted by Crippen LogP contribution is 2.44. The topological polar surface area (TPSA) is 67.3 Å². The second kappa shape index (κ2) is 8.02. The van der Waals surface area contributed by atoms with Crippen LogP contribution in [0, 0.1) is 11.8 Å². The van der Waals surface area contributed by atoms with Gasteiger partial charge in [-0.3, -0.25) is 0 Å². The molecule has 0 unspecified atom stereocenters. The fourth-order valence-corrected chi connectivity index (χ4v) is 4.90. The fraction of sp³-hybridized carbons (Fsp3) is 0.261. The summed E-state index contributed by atoms with van der Waals surface area (Å²) >= 11 is 6.39. The molecule has 2 bridgehead atoms. The summed E-state index contributed by atoms with van der Waals surface area (Å²) in [6.45, 7) is 0. The molecular formula is C23H19ClF2N4O2. The van der Waals surface area contributed by atoms with Crippen molar-refractivity contribution >= 4 is 23.3 Å². The summed E-state index contributed by atoms with van der Waals surface area (Å²) in [6, 6.07) is 6.93. The van der Waals surface area contributed by atoms with Gasteiger partial charge in [-0.05, 0) is 49.1 Å². The Morgan fingerprint density at radius 3 is 2.81 bits per heavy atom. The van der Waals surface area contributed by atoms with E-state index in [0.29, 0.717) is 29.0 Å². The molecule has 1 aromatic carbocycles. The van der Waals surface area contributed by atoms with Crippen LogP contribution in [-0.4, -0.2) is 34.1 Å². The van der Waals surface area contributed by atoms with Gasteiger partial charge in [-0.15, -0.1) is 0 Å². The van der Waals surface area contributed by atoms with Gasteiger partial charge in [-0.2, -0.15) is 4.39 Å². The molecule has 1 N–H and O–H groups in total. The van der Waals surface area contributed by atoms with Crippen LogP contribution in [0.5, 0.6) is 5.88 Å². The van der Waals surface area contributed by atoms with Crippen molar-refractivity contribution in [3.8, 4) is 17.0 Å². The summed E-state index contributed by atoms with van der Waals surface area (Å²) in [5, 5.41) is 2.92. The molecule has 9 heteroatoms. The standard InChI is InChI=1S/C23H19ClF2N4O2/c1-32-21-5-2-12(11-28-21)15-9-18(25)19(10-17(15)24)29-23(31)30-13-3-4-20(30)14-6-7-27-22(26)16(14)8-13/h2,5-7,9-11,13,20H,3-4,8H2,1H3,(H,29,31)/t13-,20+/m0/s1. The van der Waals surface area contributed by atoms with Crippen LogP contribution < -0.4 is 10.1 Å². The van der Waals surface area contributed by atoms with Crippen LogP contribution >= 0.6 is 11.6 Å². The molecule has 1 fully saturated rings. The van der Waals surface area contributed by atoms with Gasteiger partial charge in [0.05, 0.1) is 23.9 Å². The highest BCUT2D eigenvalue weighted by atomic mass is 35.5. The van der Waals surface area contributed by atoms with Gasteiger partial charge in [0.25, 0.3) is 0 Å². The number of rotatable bonds is 3. The maximum Gasteiger partial charge on any atom is 0.322 e. The third kappa shape index (κ3) is 3.44. The van der Waals surface area contributed by atoms with Crippen LogP contribution in [0.3, 0.4) is 0 Å². The first-order valence-electron chi connectivity index (χ1n) is 10.2. The van der Waals surface area contributed by atoms with Crippen molar-refractivity contribution in [2.45, 2.75) is 31.3 Å². The molecule has 2 amide bonds. The highest BCUT2D eigenvalue weighted by Gasteiger charge is 2.43. The number of pyridine rings is 2. The van der Waals surface area contributed by atoms with Crippen molar-refractivity contribution in [1.29, 1.82) is 0 Å². The number of urea groups is 1. The zero-order chi connectivity index (χ0) is 22.4. The zero-order valence-electron chi connectivity index (χ0n) is 17.1. The molecule has 1 saturated heterocycles.